The third-order valence-electron chi connectivity index (χ3n) is 5.57. The van der Waals surface area contributed by atoms with Gasteiger partial charge in [-0.1, -0.05) is 24.3 Å². The highest BCUT2D eigenvalue weighted by molar-refractivity contribution is 5.96. The van der Waals surface area contributed by atoms with E-state index in [4.69, 9.17) is 16.6 Å². The summed E-state index contributed by atoms with van der Waals surface area (Å²) in [6.07, 6.45) is -0.945. The van der Waals surface area contributed by atoms with Crippen molar-refractivity contribution in [3.63, 3.8) is 0 Å². The minimum atomic E-state index is -1.55. The molecule has 0 aliphatic rings. The van der Waals surface area contributed by atoms with Crippen LogP contribution in [-0.4, -0.2) is 80.8 Å². The van der Waals surface area contributed by atoms with Gasteiger partial charge >= 0.3 is 5.97 Å². The molecule has 0 aromatic heterocycles. The third kappa shape index (κ3) is 9.94. The lowest BCUT2D eigenvalue weighted by molar-refractivity contribution is -0.142. The van der Waals surface area contributed by atoms with E-state index in [1.54, 1.807) is 0 Å². The normalized spacial score (nSPS) is 13.8. The number of rotatable bonds is 14. The number of aliphatic carboxylic acids is 1. The molecule has 0 spiro atoms. The first-order valence-electron chi connectivity index (χ1n) is 11.7. The maximum absolute atomic E-state index is 13.2. The SMILES string of the molecule is NC(=O)CC(NC(=O)C(N)CO)C(=O)NC(Cc1ccc(O)cc1)C(=O)NC(Cc1ccc(O)cc1)C(=O)O. The predicted octanol–water partition coefficient (Wildman–Crippen LogP) is -2.38. The standard InChI is InChI=1S/C25H31N5O9/c26-17(12-31)22(35)28-19(11-21(27)34)24(37)29-18(9-13-1-5-15(32)6-2-13)23(36)30-20(25(38)39)10-14-3-7-16(33)8-4-14/h1-8,17-20,31-33H,9-12,26H2,(H2,27,34)(H,28,35)(H,29,37)(H,30,36)(H,38,39). The first-order chi connectivity index (χ1) is 18.4. The van der Waals surface area contributed by atoms with Crippen molar-refractivity contribution in [1.82, 2.24) is 16.0 Å². The van der Waals surface area contributed by atoms with Crippen molar-refractivity contribution in [1.29, 1.82) is 0 Å². The summed E-state index contributed by atoms with van der Waals surface area (Å²) >= 11 is 0. The molecule has 0 radical (unpaired) electrons. The van der Waals surface area contributed by atoms with Gasteiger partial charge in [0.05, 0.1) is 13.0 Å². The number of phenols is 2. The van der Waals surface area contributed by atoms with Crippen LogP contribution in [0.1, 0.15) is 17.5 Å². The molecular formula is C25H31N5O9. The number of phenolic OH excluding ortho intramolecular Hbond substituents is 2. The summed E-state index contributed by atoms with van der Waals surface area (Å²) in [7, 11) is 0. The molecule has 14 heteroatoms. The zero-order chi connectivity index (χ0) is 29.1. The van der Waals surface area contributed by atoms with Crippen LogP contribution < -0.4 is 27.4 Å². The van der Waals surface area contributed by atoms with Crippen LogP contribution in [0, 0.1) is 0 Å². The van der Waals surface area contributed by atoms with Crippen LogP contribution in [0.2, 0.25) is 0 Å². The van der Waals surface area contributed by atoms with Crippen molar-refractivity contribution in [2.24, 2.45) is 11.5 Å². The van der Waals surface area contributed by atoms with E-state index in [1.807, 2.05) is 0 Å². The fourth-order valence-corrected chi connectivity index (χ4v) is 3.46. The molecule has 0 aliphatic carbocycles. The Morgan fingerprint density at radius 3 is 1.54 bits per heavy atom. The monoisotopic (exact) mass is 545 g/mol. The summed E-state index contributed by atoms with van der Waals surface area (Å²) in [5.41, 5.74) is 11.6. The Morgan fingerprint density at radius 2 is 1.10 bits per heavy atom. The molecule has 0 saturated carbocycles. The lowest BCUT2D eigenvalue weighted by Gasteiger charge is -2.25. The number of nitrogens with one attached hydrogen (secondary N) is 3. The minimum Gasteiger partial charge on any atom is -0.508 e. The number of primary amides is 1. The average Bonchev–Trinajstić information content (AvgIpc) is 2.88. The molecule has 210 valence electrons. The van der Waals surface area contributed by atoms with Crippen LogP contribution in [0.5, 0.6) is 11.5 Å². The number of aromatic hydroxyl groups is 2. The Hall–Kier alpha value is -4.69. The molecule has 14 nitrogen and oxygen atoms in total. The van der Waals surface area contributed by atoms with E-state index in [0.29, 0.717) is 11.1 Å². The van der Waals surface area contributed by atoms with Gasteiger partial charge in [0.25, 0.3) is 0 Å². The van der Waals surface area contributed by atoms with E-state index in [2.05, 4.69) is 16.0 Å². The van der Waals surface area contributed by atoms with Gasteiger partial charge in [-0.15, -0.1) is 0 Å². The van der Waals surface area contributed by atoms with Crippen molar-refractivity contribution in [2.75, 3.05) is 6.61 Å². The van der Waals surface area contributed by atoms with E-state index >= 15 is 0 Å². The van der Waals surface area contributed by atoms with Crippen LogP contribution in [0.4, 0.5) is 0 Å². The highest BCUT2D eigenvalue weighted by atomic mass is 16.4. The molecule has 4 amide bonds. The number of carboxylic acids is 1. The molecule has 2 aromatic rings. The second-order valence-electron chi connectivity index (χ2n) is 8.72. The number of carbonyl (C=O) groups is 5. The zero-order valence-electron chi connectivity index (χ0n) is 20.7. The third-order valence-corrected chi connectivity index (χ3v) is 5.57. The number of benzene rings is 2. The summed E-state index contributed by atoms with van der Waals surface area (Å²) in [5.74, 6) is -5.21. The van der Waals surface area contributed by atoms with E-state index in [0.717, 1.165) is 0 Å². The molecule has 4 atom stereocenters. The van der Waals surface area contributed by atoms with Crippen molar-refractivity contribution in [2.45, 2.75) is 43.4 Å². The van der Waals surface area contributed by atoms with Crippen LogP contribution in [0.15, 0.2) is 48.5 Å². The fourth-order valence-electron chi connectivity index (χ4n) is 3.46. The molecule has 0 aliphatic heterocycles. The first kappa shape index (κ1) is 30.5. The van der Waals surface area contributed by atoms with Crippen LogP contribution in [-0.2, 0) is 36.8 Å². The lowest BCUT2D eigenvalue weighted by Crippen LogP contribution is -2.58. The summed E-state index contributed by atoms with van der Waals surface area (Å²) < 4.78 is 0. The molecule has 0 fully saturated rings. The highest BCUT2D eigenvalue weighted by Crippen LogP contribution is 2.14. The maximum atomic E-state index is 13.2. The summed E-state index contributed by atoms with van der Waals surface area (Å²) in [6, 6.07) is 5.63. The summed E-state index contributed by atoms with van der Waals surface area (Å²) in [5, 5.41) is 44.7. The minimum absolute atomic E-state index is 0.0242. The van der Waals surface area contributed by atoms with Gasteiger partial charge in [-0.25, -0.2) is 4.79 Å². The van der Waals surface area contributed by atoms with Crippen molar-refractivity contribution < 1.29 is 44.4 Å². The Morgan fingerprint density at radius 1 is 0.692 bits per heavy atom. The molecule has 2 rings (SSSR count). The molecule has 4 unspecified atom stereocenters. The lowest BCUT2D eigenvalue weighted by atomic mass is 10.0. The molecule has 0 heterocycles. The predicted molar refractivity (Wildman–Crippen MR) is 136 cm³/mol. The van der Waals surface area contributed by atoms with E-state index in [-0.39, 0.29) is 24.3 Å². The number of amides is 4. The van der Waals surface area contributed by atoms with Crippen molar-refractivity contribution in [3.05, 3.63) is 59.7 Å². The first-order valence-corrected chi connectivity index (χ1v) is 11.7. The maximum Gasteiger partial charge on any atom is 0.326 e. The van der Waals surface area contributed by atoms with Gasteiger partial charge in [0.1, 0.15) is 35.7 Å². The average molecular weight is 546 g/mol. The van der Waals surface area contributed by atoms with Gasteiger partial charge in [0.15, 0.2) is 0 Å². The molecule has 11 N–H and O–H groups in total. The number of aliphatic hydroxyl groups is 1. The zero-order valence-corrected chi connectivity index (χ0v) is 20.7. The van der Waals surface area contributed by atoms with E-state index < -0.39 is 66.8 Å². The summed E-state index contributed by atoms with van der Waals surface area (Å²) in [4.78, 5) is 61.8. The summed E-state index contributed by atoms with van der Waals surface area (Å²) in [6.45, 7) is -0.736. The van der Waals surface area contributed by atoms with Crippen molar-refractivity contribution >= 4 is 29.6 Å². The van der Waals surface area contributed by atoms with Gasteiger partial charge < -0.3 is 47.8 Å². The van der Waals surface area contributed by atoms with Gasteiger partial charge in [-0.2, -0.15) is 0 Å². The molecule has 39 heavy (non-hydrogen) atoms. The van der Waals surface area contributed by atoms with Crippen LogP contribution in [0.25, 0.3) is 0 Å². The van der Waals surface area contributed by atoms with Crippen LogP contribution >= 0.6 is 0 Å². The Labute approximate surface area is 223 Å². The second kappa shape index (κ2) is 14.3. The molecule has 2 aromatic carbocycles. The fraction of sp³-hybridized carbons (Fsp3) is 0.320. The quantitative estimate of drug-likeness (QED) is 0.122. The Bertz CT molecular complexity index is 1170. The highest BCUT2D eigenvalue weighted by Gasteiger charge is 2.31. The number of nitrogens with two attached hydrogens (primary N) is 2. The van der Waals surface area contributed by atoms with E-state index in [1.165, 1.54) is 48.5 Å². The molecular weight excluding hydrogens is 514 g/mol. The number of aliphatic hydroxyl groups excluding tert-OH is 1. The van der Waals surface area contributed by atoms with Gasteiger partial charge in [0.2, 0.25) is 23.6 Å². The van der Waals surface area contributed by atoms with Gasteiger partial charge in [-0.3, -0.25) is 19.2 Å². The second-order valence-corrected chi connectivity index (χ2v) is 8.72. The Balaban J connectivity index is 2.28. The van der Waals surface area contributed by atoms with E-state index in [9.17, 15) is 39.3 Å². The number of hydrogen-bond donors (Lipinski definition) is 9. The smallest absolute Gasteiger partial charge is 0.326 e. The molecule has 0 saturated heterocycles. The number of carboxylic acid groups (broad SMARTS) is 1. The molecule has 0 bridgehead atoms. The topological polar surface area (TPSA) is 254 Å². The number of hydrogen-bond acceptors (Lipinski definition) is 9. The van der Waals surface area contributed by atoms with Crippen LogP contribution in [0.3, 0.4) is 0 Å². The van der Waals surface area contributed by atoms with Crippen molar-refractivity contribution in [3.8, 4) is 11.5 Å². The van der Waals surface area contributed by atoms with Gasteiger partial charge in [0, 0.05) is 12.8 Å². The largest absolute Gasteiger partial charge is 0.508 e. The Kier molecular flexibility index (Phi) is 11.2. The van der Waals surface area contributed by atoms with Gasteiger partial charge in [-0.05, 0) is 35.4 Å². The number of carbonyl (C=O) groups excluding carboxylic acids is 4.